The van der Waals surface area contributed by atoms with Crippen molar-refractivity contribution in [2.75, 3.05) is 11.9 Å². The van der Waals surface area contributed by atoms with Crippen molar-refractivity contribution >= 4 is 11.6 Å². The number of amides is 1. The van der Waals surface area contributed by atoms with Gasteiger partial charge in [-0.3, -0.25) is 4.79 Å². The van der Waals surface area contributed by atoms with Crippen LogP contribution in [0, 0.1) is 6.92 Å². The highest BCUT2D eigenvalue weighted by atomic mass is 16.5. The zero-order valence-electron chi connectivity index (χ0n) is 14.2. The molecular formula is C20H25NO2. The smallest absolute Gasteiger partial charge is 0.255 e. The molecule has 3 nitrogen and oxygen atoms in total. The van der Waals surface area contributed by atoms with Gasteiger partial charge in [0.2, 0.25) is 0 Å². The number of unbranched alkanes of at least 4 members (excludes halogenated alkanes) is 1. The predicted octanol–water partition coefficient (Wildman–Crippen LogP) is 4.99. The molecule has 2 aromatic rings. The van der Waals surface area contributed by atoms with Gasteiger partial charge in [0.15, 0.2) is 0 Å². The molecule has 0 aliphatic rings. The summed E-state index contributed by atoms with van der Waals surface area (Å²) in [5, 5.41) is 2.94. The highest BCUT2D eigenvalue weighted by Gasteiger charge is 2.08. The number of carbonyl (C=O) groups is 1. The van der Waals surface area contributed by atoms with Gasteiger partial charge < -0.3 is 10.1 Å². The normalized spacial score (nSPS) is 10.4. The van der Waals surface area contributed by atoms with E-state index in [-0.39, 0.29) is 5.91 Å². The number of ether oxygens (including phenoxy) is 1. The van der Waals surface area contributed by atoms with Gasteiger partial charge in [0, 0.05) is 11.3 Å². The molecule has 23 heavy (non-hydrogen) atoms. The third-order valence-electron chi connectivity index (χ3n) is 3.77. The highest BCUT2D eigenvalue weighted by molar-refractivity contribution is 6.04. The van der Waals surface area contributed by atoms with E-state index in [0.29, 0.717) is 12.2 Å². The summed E-state index contributed by atoms with van der Waals surface area (Å²) in [6.07, 6.45) is 3.47. The number of carbonyl (C=O) groups excluding carboxylic acids is 1. The Morgan fingerprint density at radius 3 is 2.43 bits per heavy atom. The van der Waals surface area contributed by atoms with Crippen LogP contribution < -0.4 is 10.1 Å². The van der Waals surface area contributed by atoms with E-state index in [1.54, 1.807) is 6.07 Å². The molecule has 0 unspecified atom stereocenters. The fourth-order valence-electron chi connectivity index (χ4n) is 2.45. The molecule has 0 saturated heterocycles. The van der Waals surface area contributed by atoms with Gasteiger partial charge in [0.25, 0.3) is 5.91 Å². The maximum absolute atomic E-state index is 12.3. The van der Waals surface area contributed by atoms with E-state index in [0.717, 1.165) is 23.4 Å². The van der Waals surface area contributed by atoms with Crippen molar-refractivity contribution in [1.29, 1.82) is 0 Å². The molecule has 3 heteroatoms. The van der Waals surface area contributed by atoms with Gasteiger partial charge in [-0.05, 0) is 68.1 Å². The number of rotatable bonds is 7. The van der Waals surface area contributed by atoms with Crippen molar-refractivity contribution in [3.05, 3.63) is 59.2 Å². The molecule has 0 radical (unpaired) electrons. The maximum atomic E-state index is 12.3. The molecule has 2 aromatic carbocycles. The number of nitrogens with one attached hydrogen (secondary N) is 1. The summed E-state index contributed by atoms with van der Waals surface area (Å²) in [7, 11) is 0. The van der Waals surface area contributed by atoms with E-state index in [9.17, 15) is 4.79 Å². The van der Waals surface area contributed by atoms with Crippen molar-refractivity contribution in [3.8, 4) is 5.75 Å². The van der Waals surface area contributed by atoms with E-state index in [1.807, 2.05) is 38.1 Å². The summed E-state index contributed by atoms with van der Waals surface area (Å²) in [6, 6.07) is 13.6. The van der Waals surface area contributed by atoms with Gasteiger partial charge in [-0.15, -0.1) is 0 Å². The summed E-state index contributed by atoms with van der Waals surface area (Å²) in [6.45, 7) is 6.71. The Hall–Kier alpha value is -2.29. The molecule has 0 fully saturated rings. The second kappa shape index (κ2) is 8.37. The van der Waals surface area contributed by atoms with Crippen LogP contribution in [-0.4, -0.2) is 12.5 Å². The van der Waals surface area contributed by atoms with Crippen LogP contribution in [0.25, 0.3) is 0 Å². The highest BCUT2D eigenvalue weighted by Crippen LogP contribution is 2.20. The molecule has 0 aliphatic heterocycles. The Morgan fingerprint density at radius 2 is 1.83 bits per heavy atom. The van der Waals surface area contributed by atoms with Gasteiger partial charge in [-0.2, -0.15) is 0 Å². The fraction of sp³-hybridized carbons (Fsp3) is 0.350. The van der Waals surface area contributed by atoms with Gasteiger partial charge in [0.05, 0.1) is 6.61 Å². The fourth-order valence-corrected chi connectivity index (χ4v) is 2.45. The molecule has 0 saturated carbocycles. The van der Waals surface area contributed by atoms with Crippen LogP contribution in [0.5, 0.6) is 5.75 Å². The van der Waals surface area contributed by atoms with Crippen molar-refractivity contribution in [2.24, 2.45) is 0 Å². The largest absolute Gasteiger partial charge is 0.494 e. The molecule has 1 amide bonds. The average Bonchev–Trinajstić information content (AvgIpc) is 2.56. The van der Waals surface area contributed by atoms with Crippen LogP contribution in [-0.2, 0) is 6.42 Å². The van der Waals surface area contributed by atoms with E-state index >= 15 is 0 Å². The van der Waals surface area contributed by atoms with Crippen LogP contribution in [0.3, 0.4) is 0 Å². The van der Waals surface area contributed by atoms with Crippen LogP contribution in [0.15, 0.2) is 42.5 Å². The lowest BCUT2D eigenvalue weighted by Gasteiger charge is -2.10. The zero-order chi connectivity index (χ0) is 16.7. The van der Waals surface area contributed by atoms with Crippen LogP contribution in [0.4, 0.5) is 5.69 Å². The molecule has 0 spiro atoms. The van der Waals surface area contributed by atoms with E-state index in [2.05, 4.69) is 24.4 Å². The average molecular weight is 311 g/mol. The molecule has 0 heterocycles. The number of hydrogen-bond acceptors (Lipinski definition) is 2. The first-order chi connectivity index (χ1) is 11.1. The SMILES string of the molecule is CCCCc1ccc(NC(=O)c2ccc(OCC)c(C)c2)cc1. The molecule has 0 bridgehead atoms. The standard InChI is InChI=1S/C20H25NO2/c1-4-6-7-16-8-11-18(12-9-16)21-20(22)17-10-13-19(23-5-2)15(3)14-17/h8-14H,4-7H2,1-3H3,(H,21,22). The van der Waals surface area contributed by atoms with Crippen LogP contribution in [0.2, 0.25) is 0 Å². The number of hydrogen-bond donors (Lipinski definition) is 1. The molecule has 1 N–H and O–H groups in total. The summed E-state index contributed by atoms with van der Waals surface area (Å²) < 4.78 is 5.50. The quantitative estimate of drug-likeness (QED) is 0.782. The molecule has 0 aliphatic carbocycles. The number of anilines is 1. The second-order valence-corrected chi connectivity index (χ2v) is 5.67. The van der Waals surface area contributed by atoms with Gasteiger partial charge >= 0.3 is 0 Å². The van der Waals surface area contributed by atoms with Crippen molar-refractivity contribution < 1.29 is 9.53 Å². The van der Waals surface area contributed by atoms with Gasteiger partial charge in [-0.25, -0.2) is 0 Å². The minimum absolute atomic E-state index is 0.0996. The molecule has 0 aromatic heterocycles. The minimum Gasteiger partial charge on any atom is -0.494 e. The van der Waals surface area contributed by atoms with Gasteiger partial charge in [0.1, 0.15) is 5.75 Å². The summed E-state index contributed by atoms with van der Waals surface area (Å²) >= 11 is 0. The summed E-state index contributed by atoms with van der Waals surface area (Å²) in [5.41, 5.74) is 3.74. The van der Waals surface area contributed by atoms with Crippen LogP contribution in [0.1, 0.15) is 48.2 Å². The maximum Gasteiger partial charge on any atom is 0.255 e. The Labute approximate surface area is 138 Å². The molecular weight excluding hydrogens is 286 g/mol. The molecule has 2 rings (SSSR count). The lowest BCUT2D eigenvalue weighted by molar-refractivity contribution is 0.102. The molecule has 122 valence electrons. The lowest BCUT2D eigenvalue weighted by atomic mass is 10.1. The van der Waals surface area contributed by atoms with Gasteiger partial charge in [-0.1, -0.05) is 25.5 Å². The minimum atomic E-state index is -0.0996. The number of benzene rings is 2. The third-order valence-corrected chi connectivity index (χ3v) is 3.77. The summed E-state index contributed by atoms with van der Waals surface area (Å²) in [4.78, 5) is 12.3. The summed E-state index contributed by atoms with van der Waals surface area (Å²) in [5.74, 6) is 0.724. The van der Waals surface area contributed by atoms with Crippen molar-refractivity contribution in [2.45, 2.75) is 40.0 Å². The van der Waals surface area contributed by atoms with E-state index in [1.165, 1.54) is 18.4 Å². The first-order valence-electron chi connectivity index (χ1n) is 8.27. The zero-order valence-corrected chi connectivity index (χ0v) is 14.2. The predicted molar refractivity (Wildman–Crippen MR) is 95.4 cm³/mol. The van der Waals surface area contributed by atoms with Crippen molar-refractivity contribution in [3.63, 3.8) is 0 Å². The van der Waals surface area contributed by atoms with Crippen molar-refractivity contribution in [1.82, 2.24) is 0 Å². The lowest BCUT2D eigenvalue weighted by Crippen LogP contribution is -2.12. The third kappa shape index (κ3) is 4.85. The number of aryl methyl sites for hydroxylation is 2. The van der Waals surface area contributed by atoms with E-state index < -0.39 is 0 Å². The Balaban J connectivity index is 2.02. The topological polar surface area (TPSA) is 38.3 Å². The monoisotopic (exact) mass is 311 g/mol. The first kappa shape index (κ1) is 17.1. The Kier molecular flexibility index (Phi) is 6.21. The Bertz CT molecular complexity index is 647. The van der Waals surface area contributed by atoms with Crippen LogP contribution >= 0.6 is 0 Å². The van der Waals surface area contributed by atoms with E-state index in [4.69, 9.17) is 4.74 Å². The molecule has 0 atom stereocenters. The second-order valence-electron chi connectivity index (χ2n) is 5.67. The Morgan fingerprint density at radius 1 is 1.09 bits per heavy atom. The first-order valence-corrected chi connectivity index (χ1v) is 8.27.